The molecule has 0 spiro atoms. The molecule has 0 atom stereocenters. The van der Waals surface area contributed by atoms with Gasteiger partial charge in [-0.05, 0) is 61.9 Å². The highest BCUT2D eigenvalue weighted by atomic mass is 35.5. The smallest absolute Gasteiger partial charge is 0.319 e. The summed E-state index contributed by atoms with van der Waals surface area (Å²) in [6.45, 7) is 2.90. The van der Waals surface area contributed by atoms with E-state index in [0.29, 0.717) is 30.1 Å². The molecule has 30 heavy (non-hydrogen) atoms. The van der Waals surface area contributed by atoms with Crippen molar-refractivity contribution in [2.45, 2.75) is 13.3 Å². The predicted molar refractivity (Wildman–Crippen MR) is 122 cm³/mol. The molecule has 0 saturated carbocycles. The molecule has 5 nitrogen and oxygen atoms in total. The average molecular weight is 422 g/mol. The third kappa shape index (κ3) is 6.09. The molecule has 0 radical (unpaired) electrons. The average Bonchev–Trinajstić information content (AvgIpc) is 2.76. The molecule has 154 valence electrons. The summed E-state index contributed by atoms with van der Waals surface area (Å²) in [5.41, 5.74) is 3.24. The Morgan fingerprint density at radius 1 is 0.900 bits per heavy atom. The van der Waals surface area contributed by atoms with Crippen LogP contribution in [0.15, 0.2) is 78.9 Å². The fraction of sp³-hybridized carbons (Fsp3) is 0.167. The zero-order valence-corrected chi connectivity index (χ0v) is 17.5. The monoisotopic (exact) mass is 421 g/mol. The first-order chi connectivity index (χ1) is 14.5. The summed E-state index contributed by atoms with van der Waals surface area (Å²) in [7, 11) is 0. The first kappa shape index (κ1) is 21.4. The van der Waals surface area contributed by atoms with E-state index in [-0.39, 0.29) is 11.9 Å². The van der Waals surface area contributed by atoms with E-state index < -0.39 is 0 Å². The molecule has 0 aliphatic carbocycles. The Morgan fingerprint density at radius 3 is 2.23 bits per heavy atom. The summed E-state index contributed by atoms with van der Waals surface area (Å²) in [5, 5.41) is 6.22. The molecule has 3 amide bonds. The standard InChI is InChI=1S/C24H24ClN3O2/c1-18-8-14-21(15-9-18)27-24(30)26-16-5-17-28(22-6-3-2-4-7-22)23(29)19-10-12-20(25)13-11-19/h2-4,6-15H,5,16-17H2,1H3,(H2,26,27,30). The zero-order chi connectivity index (χ0) is 21.3. The molecular weight excluding hydrogens is 398 g/mol. The fourth-order valence-corrected chi connectivity index (χ4v) is 3.08. The predicted octanol–water partition coefficient (Wildman–Crippen LogP) is 5.51. The summed E-state index contributed by atoms with van der Waals surface area (Å²) >= 11 is 5.94. The van der Waals surface area contributed by atoms with Crippen LogP contribution in [0.4, 0.5) is 16.2 Å². The lowest BCUT2D eigenvalue weighted by Gasteiger charge is -2.23. The maximum atomic E-state index is 13.0. The van der Waals surface area contributed by atoms with Gasteiger partial charge in [-0.15, -0.1) is 0 Å². The minimum atomic E-state index is -0.269. The van der Waals surface area contributed by atoms with E-state index in [4.69, 9.17) is 11.6 Å². The van der Waals surface area contributed by atoms with Gasteiger partial charge in [0.1, 0.15) is 0 Å². The SMILES string of the molecule is Cc1ccc(NC(=O)NCCCN(C(=O)c2ccc(Cl)cc2)c2ccccc2)cc1. The number of nitrogens with one attached hydrogen (secondary N) is 2. The molecule has 0 aliphatic rings. The molecule has 0 bridgehead atoms. The largest absolute Gasteiger partial charge is 0.338 e. The van der Waals surface area contributed by atoms with Crippen LogP contribution in [0.1, 0.15) is 22.3 Å². The fourth-order valence-electron chi connectivity index (χ4n) is 2.96. The van der Waals surface area contributed by atoms with E-state index in [9.17, 15) is 9.59 Å². The quantitative estimate of drug-likeness (QED) is 0.494. The van der Waals surface area contributed by atoms with Crippen molar-refractivity contribution in [1.82, 2.24) is 5.32 Å². The maximum Gasteiger partial charge on any atom is 0.319 e. The van der Waals surface area contributed by atoms with Crippen LogP contribution in [0.25, 0.3) is 0 Å². The summed E-state index contributed by atoms with van der Waals surface area (Å²) < 4.78 is 0. The number of anilines is 2. The summed E-state index contributed by atoms with van der Waals surface area (Å²) in [5.74, 6) is -0.109. The Balaban J connectivity index is 1.57. The van der Waals surface area contributed by atoms with E-state index in [0.717, 1.165) is 16.9 Å². The lowest BCUT2D eigenvalue weighted by Crippen LogP contribution is -2.35. The van der Waals surface area contributed by atoms with Crippen molar-refractivity contribution in [2.75, 3.05) is 23.3 Å². The van der Waals surface area contributed by atoms with Crippen molar-refractivity contribution in [3.05, 3.63) is 95.0 Å². The van der Waals surface area contributed by atoms with Gasteiger partial charge in [-0.1, -0.05) is 47.5 Å². The van der Waals surface area contributed by atoms with Gasteiger partial charge in [0.05, 0.1) is 0 Å². The van der Waals surface area contributed by atoms with Crippen LogP contribution in [0.2, 0.25) is 5.02 Å². The van der Waals surface area contributed by atoms with E-state index in [1.165, 1.54) is 0 Å². The zero-order valence-electron chi connectivity index (χ0n) is 16.8. The number of amides is 3. The van der Waals surface area contributed by atoms with Gasteiger partial charge in [-0.2, -0.15) is 0 Å². The molecule has 0 saturated heterocycles. The molecule has 3 aromatic rings. The van der Waals surface area contributed by atoms with Gasteiger partial charge in [0.2, 0.25) is 0 Å². The van der Waals surface area contributed by atoms with E-state index >= 15 is 0 Å². The van der Waals surface area contributed by atoms with E-state index in [2.05, 4.69) is 10.6 Å². The first-order valence-electron chi connectivity index (χ1n) is 9.77. The van der Waals surface area contributed by atoms with Crippen LogP contribution >= 0.6 is 11.6 Å². The number of urea groups is 1. The van der Waals surface area contributed by atoms with Crippen molar-refractivity contribution in [3.63, 3.8) is 0 Å². The molecule has 2 N–H and O–H groups in total. The number of carbonyl (C=O) groups excluding carboxylic acids is 2. The molecule has 0 fully saturated rings. The topological polar surface area (TPSA) is 61.4 Å². The number of halogens is 1. The molecule has 0 aliphatic heterocycles. The van der Waals surface area contributed by atoms with Gasteiger partial charge in [-0.3, -0.25) is 4.79 Å². The van der Waals surface area contributed by atoms with Gasteiger partial charge in [0.15, 0.2) is 0 Å². The van der Waals surface area contributed by atoms with E-state index in [1.807, 2.05) is 61.5 Å². The van der Waals surface area contributed by atoms with Gasteiger partial charge >= 0.3 is 6.03 Å². The Morgan fingerprint density at radius 2 is 1.57 bits per heavy atom. The summed E-state index contributed by atoms with van der Waals surface area (Å²) in [4.78, 5) is 26.8. The van der Waals surface area contributed by atoms with Crippen molar-refractivity contribution in [1.29, 1.82) is 0 Å². The lowest BCUT2D eigenvalue weighted by molar-refractivity contribution is 0.0986. The maximum absolute atomic E-state index is 13.0. The molecule has 0 unspecified atom stereocenters. The number of rotatable bonds is 7. The van der Waals surface area contributed by atoms with Gasteiger partial charge in [-0.25, -0.2) is 4.79 Å². The number of para-hydroxylation sites is 1. The molecule has 0 heterocycles. The molecule has 3 rings (SSSR count). The van der Waals surface area contributed by atoms with Gasteiger partial charge in [0.25, 0.3) is 5.91 Å². The summed E-state index contributed by atoms with van der Waals surface area (Å²) in [6, 6.07) is 23.6. The second-order valence-corrected chi connectivity index (χ2v) is 7.34. The van der Waals surface area contributed by atoms with Crippen LogP contribution in [-0.4, -0.2) is 25.0 Å². The summed E-state index contributed by atoms with van der Waals surface area (Å²) in [6.07, 6.45) is 0.607. The van der Waals surface area contributed by atoms with Crippen LogP contribution in [0.5, 0.6) is 0 Å². The van der Waals surface area contributed by atoms with E-state index in [1.54, 1.807) is 29.2 Å². The van der Waals surface area contributed by atoms with Crippen molar-refractivity contribution >= 4 is 34.9 Å². The molecule has 3 aromatic carbocycles. The number of carbonyl (C=O) groups is 2. The van der Waals surface area contributed by atoms with Crippen molar-refractivity contribution in [2.24, 2.45) is 0 Å². The third-order valence-corrected chi connectivity index (χ3v) is 4.81. The molecule has 0 aromatic heterocycles. The first-order valence-corrected chi connectivity index (χ1v) is 10.1. The third-order valence-electron chi connectivity index (χ3n) is 4.56. The van der Waals surface area contributed by atoms with Crippen LogP contribution in [-0.2, 0) is 0 Å². The van der Waals surface area contributed by atoms with Gasteiger partial charge < -0.3 is 15.5 Å². The minimum absolute atomic E-state index is 0.109. The van der Waals surface area contributed by atoms with Crippen LogP contribution in [0, 0.1) is 6.92 Å². The highest BCUT2D eigenvalue weighted by Gasteiger charge is 2.17. The minimum Gasteiger partial charge on any atom is -0.338 e. The number of nitrogens with zero attached hydrogens (tertiary/aromatic N) is 1. The molecule has 6 heteroatoms. The number of hydrogen-bond donors (Lipinski definition) is 2. The second kappa shape index (κ2) is 10.5. The number of aryl methyl sites for hydroxylation is 1. The second-order valence-electron chi connectivity index (χ2n) is 6.90. The highest BCUT2D eigenvalue weighted by molar-refractivity contribution is 6.30. The van der Waals surface area contributed by atoms with Crippen LogP contribution in [0.3, 0.4) is 0 Å². The number of benzene rings is 3. The van der Waals surface area contributed by atoms with Crippen molar-refractivity contribution < 1.29 is 9.59 Å². The Hall–Kier alpha value is -3.31. The Kier molecular flexibility index (Phi) is 7.46. The highest BCUT2D eigenvalue weighted by Crippen LogP contribution is 2.18. The molecular formula is C24H24ClN3O2. The normalized spacial score (nSPS) is 10.3. The Bertz CT molecular complexity index is 974. The van der Waals surface area contributed by atoms with Gasteiger partial charge in [0, 0.05) is 35.1 Å². The van der Waals surface area contributed by atoms with Crippen LogP contribution < -0.4 is 15.5 Å². The van der Waals surface area contributed by atoms with Crippen molar-refractivity contribution in [3.8, 4) is 0 Å². The lowest BCUT2D eigenvalue weighted by atomic mass is 10.1. The Labute approximate surface area is 181 Å². The number of hydrogen-bond acceptors (Lipinski definition) is 2.